The summed E-state index contributed by atoms with van der Waals surface area (Å²) in [6.07, 6.45) is 1.62. The first-order valence-electron chi connectivity index (χ1n) is 5.96. The third kappa shape index (κ3) is 3.60. The van der Waals surface area contributed by atoms with Gasteiger partial charge in [0.2, 0.25) is 0 Å². The van der Waals surface area contributed by atoms with Crippen molar-refractivity contribution in [2.75, 3.05) is 7.05 Å². The number of aromatic nitrogens is 1. The summed E-state index contributed by atoms with van der Waals surface area (Å²) in [5, 5.41) is 8.79. The average Bonchev–Trinajstić information content (AvgIpc) is 2.41. The molecule has 1 aromatic carbocycles. The Hall–Kier alpha value is -2.25. The Morgan fingerprint density at radius 2 is 2.05 bits per heavy atom. The highest BCUT2D eigenvalue weighted by Crippen LogP contribution is 2.11. The zero-order valence-electron chi connectivity index (χ0n) is 10.7. The summed E-state index contributed by atoms with van der Waals surface area (Å²) in [7, 11) is 1.92. The fourth-order valence-electron chi connectivity index (χ4n) is 1.92. The minimum absolute atomic E-state index is 0.193. The molecule has 0 N–H and O–H groups in total. The van der Waals surface area contributed by atoms with Gasteiger partial charge in [0.15, 0.2) is 0 Å². The van der Waals surface area contributed by atoms with Crippen LogP contribution in [-0.4, -0.2) is 16.9 Å². The zero-order chi connectivity index (χ0) is 13.7. The average molecular weight is 255 g/mol. The van der Waals surface area contributed by atoms with Gasteiger partial charge in [-0.1, -0.05) is 18.2 Å². The van der Waals surface area contributed by atoms with Crippen molar-refractivity contribution in [1.82, 2.24) is 9.88 Å². The van der Waals surface area contributed by atoms with E-state index in [0.29, 0.717) is 24.3 Å². The lowest BCUT2D eigenvalue weighted by molar-refractivity contribution is 0.313. The van der Waals surface area contributed by atoms with E-state index in [1.54, 1.807) is 24.4 Å². The van der Waals surface area contributed by atoms with E-state index in [1.807, 2.05) is 30.1 Å². The van der Waals surface area contributed by atoms with Crippen LogP contribution in [0.25, 0.3) is 0 Å². The van der Waals surface area contributed by atoms with Crippen LogP contribution in [0.15, 0.2) is 42.6 Å². The Balaban J connectivity index is 2.03. The number of nitrogens with zero attached hydrogens (tertiary/aromatic N) is 3. The SMILES string of the molecule is CN(Cc1ccnc(C#N)c1)Cc1ccccc1F. The standard InChI is InChI=1S/C15H14FN3/c1-19(11-13-4-2-3-5-15(13)16)10-12-6-7-18-14(8-12)9-17/h2-8H,10-11H2,1H3. The van der Waals surface area contributed by atoms with Gasteiger partial charge in [-0.15, -0.1) is 0 Å². The maximum atomic E-state index is 13.5. The van der Waals surface area contributed by atoms with Gasteiger partial charge in [0.25, 0.3) is 0 Å². The number of benzene rings is 1. The number of rotatable bonds is 4. The molecule has 3 nitrogen and oxygen atoms in total. The van der Waals surface area contributed by atoms with Gasteiger partial charge in [0, 0.05) is 24.8 Å². The summed E-state index contributed by atoms with van der Waals surface area (Å²) in [5.41, 5.74) is 2.06. The summed E-state index contributed by atoms with van der Waals surface area (Å²) in [6, 6.07) is 12.4. The molecule has 19 heavy (non-hydrogen) atoms. The van der Waals surface area contributed by atoms with E-state index >= 15 is 0 Å². The highest BCUT2D eigenvalue weighted by Gasteiger charge is 2.06. The fourth-order valence-corrected chi connectivity index (χ4v) is 1.92. The van der Waals surface area contributed by atoms with Crippen LogP contribution < -0.4 is 0 Å². The van der Waals surface area contributed by atoms with Crippen LogP contribution in [0.4, 0.5) is 4.39 Å². The number of halogens is 1. The topological polar surface area (TPSA) is 39.9 Å². The Kier molecular flexibility index (Phi) is 4.22. The van der Waals surface area contributed by atoms with Crippen LogP contribution in [0.1, 0.15) is 16.8 Å². The largest absolute Gasteiger partial charge is 0.298 e. The Bertz CT molecular complexity index is 604. The Morgan fingerprint density at radius 3 is 2.79 bits per heavy atom. The molecule has 1 heterocycles. The molecule has 0 atom stereocenters. The Labute approximate surface area is 111 Å². The molecule has 1 aromatic heterocycles. The number of pyridine rings is 1. The van der Waals surface area contributed by atoms with E-state index in [2.05, 4.69) is 4.98 Å². The van der Waals surface area contributed by atoms with Gasteiger partial charge in [-0.05, 0) is 30.8 Å². The van der Waals surface area contributed by atoms with Gasteiger partial charge in [0.1, 0.15) is 17.6 Å². The lowest BCUT2D eigenvalue weighted by atomic mass is 10.2. The van der Waals surface area contributed by atoms with Crippen LogP contribution >= 0.6 is 0 Å². The lowest BCUT2D eigenvalue weighted by Gasteiger charge is -2.17. The van der Waals surface area contributed by atoms with Gasteiger partial charge >= 0.3 is 0 Å². The lowest BCUT2D eigenvalue weighted by Crippen LogP contribution is -2.18. The van der Waals surface area contributed by atoms with Crippen LogP contribution in [0.2, 0.25) is 0 Å². The third-order valence-corrected chi connectivity index (χ3v) is 2.79. The molecule has 0 bridgehead atoms. The van der Waals surface area contributed by atoms with Gasteiger partial charge in [0.05, 0.1) is 0 Å². The predicted molar refractivity (Wildman–Crippen MR) is 70.5 cm³/mol. The summed E-state index contributed by atoms with van der Waals surface area (Å²) < 4.78 is 13.5. The molecule has 0 aliphatic carbocycles. The van der Waals surface area contributed by atoms with Gasteiger partial charge in [-0.2, -0.15) is 5.26 Å². The van der Waals surface area contributed by atoms with Crippen molar-refractivity contribution in [2.45, 2.75) is 13.1 Å². The van der Waals surface area contributed by atoms with Crippen molar-refractivity contribution in [2.24, 2.45) is 0 Å². The number of hydrogen-bond donors (Lipinski definition) is 0. The van der Waals surface area contributed by atoms with Gasteiger partial charge in [-0.3, -0.25) is 4.90 Å². The first-order valence-corrected chi connectivity index (χ1v) is 5.96. The molecule has 0 saturated heterocycles. The van der Waals surface area contributed by atoms with Crippen LogP contribution in [0.5, 0.6) is 0 Å². The first-order chi connectivity index (χ1) is 9.19. The van der Waals surface area contributed by atoms with Gasteiger partial charge in [-0.25, -0.2) is 9.37 Å². The second-order valence-corrected chi connectivity index (χ2v) is 4.42. The van der Waals surface area contributed by atoms with Crippen molar-refractivity contribution >= 4 is 0 Å². The highest BCUT2D eigenvalue weighted by atomic mass is 19.1. The molecular formula is C15H14FN3. The van der Waals surface area contributed by atoms with E-state index < -0.39 is 0 Å². The van der Waals surface area contributed by atoms with Crippen molar-refractivity contribution < 1.29 is 4.39 Å². The van der Waals surface area contributed by atoms with E-state index in [4.69, 9.17) is 5.26 Å². The molecule has 2 aromatic rings. The maximum Gasteiger partial charge on any atom is 0.140 e. The molecule has 0 aliphatic rings. The fraction of sp³-hybridized carbons (Fsp3) is 0.200. The van der Waals surface area contributed by atoms with E-state index in [0.717, 1.165) is 5.56 Å². The normalized spacial score (nSPS) is 10.4. The second kappa shape index (κ2) is 6.07. The van der Waals surface area contributed by atoms with E-state index in [1.165, 1.54) is 6.07 Å². The van der Waals surface area contributed by atoms with Crippen molar-refractivity contribution in [3.8, 4) is 6.07 Å². The van der Waals surface area contributed by atoms with Crippen LogP contribution in [0, 0.1) is 17.1 Å². The molecule has 2 rings (SSSR count). The van der Waals surface area contributed by atoms with E-state index in [-0.39, 0.29) is 5.82 Å². The van der Waals surface area contributed by atoms with Crippen molar-refractivity contribution in [1.29, 1.82) is 5.26 Å². The molecule has 0 aliphatic heterocycles. The predicted octanol–water partition coefficient (Wildman–Crippen LogP) is 2.72. The quantitative estimate of drug-likeness (QED) is 0.843. The minimum atomic E-state index is -0.193. The highest BCUT2D eigenvalue weighted by molar-refractivity contribution is 5.25. The summed E-state index contributed by atoms with van der Waals surface area (Å²) >= 11 is 0. The molecule has 0 fully saturated rings. The molecule has 0 saturated carbocycles. The molecular weight excluding hydrogens is 241 g/mol. The summed E-state index contributed by atoms with van der Waals surface area (Å²) in [6.45, 7) is 1.17. The Morgan fingerprint density at radius 1 is 1.26 bits per heavy atom. The monoisotopic (exact) mass is 255 g/mol. The first kappa shape index (κ1) is 13.2. The van der Waals surface area contributed by atoms with Gasteiger partial charge < -0.3 is 0 Å². The molecule has 4 heteroatoms. The number of nitriles is 1. The molecule has 0 amide bonds. The molecule has 0 unspecified atom stereocenters. The van der Waals surface area contributed by atoms with Crippen LogP contribution in [0.3, 0.4) is 0 Å². The molecule has 0 radical (unpaired) electrons. The van der Waals surface area contributed by atoms with E-state index in [9.17, 15) is 4.39 Å². The second-order valence-electron chi connectivity index (χ2n) is 4.42. The zero-order valence-corrected chi connectivity index (χ0v) is 10.7. The summed E-state index contributed by atoms with van der Waals surface area (Å²) in [5.74, 6) is -0.193. The van der Waals surface area contributed by atoms with Crippen LogP contribution in [-0.2, 0) is 13.1 Å². The smallest absolute Gasteiger partial charge is 0.140 e. The minimum Gasteiger partial charge on any atom is -0.298 e. The maximum absolute atomic E-state index is 13.5. The number of hydrogen-bond acceptors (Lipinski definition) is 3. The van der Waals surface area contributed by atoms with Crippen molar-refractivity contribution in [3.05, 3.63) is 65.2 Å². The molecule has 0 spiro atoms. The van der Waals surface area contributed by atoms with Crippen molar-refractivity contribution in [3.63, 3.8) is 0 Å². The molecule has 96 valence electrons. The third-order valence-electron chi connectivity index (χ3n) is 2.79. The summed E-state index contributed by atoms with van der Waals surface area (Å²) in [4.78, 5) is 5.92.